The van der Waals surface area contributed by atoms with Crippen molar-refractivity contribution in [2.24, 2.45) is 5.92 Å². The summed E-state index contributed by atoms with van der Waals surface area (Å²) in [4.78, 5) is 21.3. The van der Waals surface area contributed by atoms with Crippen LogP contribution in [-0.2, 0) is 4.79 Å². The van der Waals surface area contributed by atoms with Gasteiger partial charge < -0.3 is 10.6 Å². The summed E-state index contributed by atoms with van der Waals surface area (Å²) in [6, 6.07) is 12.7. The Kier molecular flexibility index (Phi) is 3.74. The predicted molar refractivity (Wildman–Crippen MR) is 93.7 cm³/mol. The zero-order valence-corrected chi connectivity index (χ0v) is 13.3. The molecule has 0 bridgehead atoms. The number of hydrogen-bond donors (Lipinski definition) is 2. The maximum atomic E-state index is 13.0. The second-order valence-corrected chi connectivity index (χ2v) is 5.74. The maximum absolute atomic E-state index is 13.0. The second-order valence-electron chi connectivity index (χ2n) is 5.74. The predicted octanol–water partition coefficient (Wildman–Crippen LogP) is 2.46. The third-order valence-corrected chi connectivity index (χ3v) is 4.17. The van der Waals surface area contributed by atoms with E-state index in [4.69, 9.17) is 0 Å². The third-order valence-electron chi connectivity index (χ3n) is 4.17. The molecule has 0 aliphatic carbocycles. The number of rotatable bonds is 3. The van der Waals surface area contributed by atoms with Gasteiger partial charge in [0.15, 0.2) is 0 Å². The molecule has 7 nitrogen and oxygen atoms in total. The number of amides is 1. The van der Waals surface area contributed by atoms with E-state index in [1.165, 1.54) is 6.33 Å². The van der Waals surface area contributed by atoms with E-state index in [1.807, 2.05) is 42.5 Å². The van der Waals surface area contributed by atoms with Crippen LogP contribution in [0, 0.1) is 5.92 Å². The molecule has 2 atom stereocenters. The van der Waals surface area contributed by atoms with Crippen molar-refractivity contribution < 1.29 is 4.79 Å². The van der Waals surface area contributed by atoms with E-state index in [0.29, 0.717) is 11.6 Å². The van der Waals surface area contributed by atoms with E-state index < -0.39 is 5.92 Å². The molecule has 4 rings (SSSR count). The van der Waals surface area contributed by atoms with Gasteiger partial charge in [-0.25, -0.2) is 4.68 Å². The molecule has 2 unspecified atom stereocenters. The van der Waals surface area contributed by atoms with E-state index in [-0.39, 0.29) is 11.9 Å². The minimum atomic E-state index is -0.545. The zero-order valence-electron chi connectivity index (χ0n) is 13.3. The van der Waals surface area contributed by atoms with Crippen LogP contribution in [0.25, 0.3) is 0 Å². The number of anilines is 2. The first-order chi connectivity index (χ1) is 12.2. The van der Waals surface area contributed by atoms with Crippen LogP contribution < -0.4 is 10.6 Å². The Morgan fingerprint density at radius 2 is 1.92 bits per heavy atom. The average molecular weight is 332 g/mol. The summed E-state index contributed by atoms with van der Waals surface area (Å²) in [5.41, 5.74) is 2.23. The van der Waals surface area contributed by atoms with Crippen LogP contribution in [0.3, 0.4) is 0 Å². The van der Waals surface area contributed by atoms with Crippen molar-refractivity contribution >= 4 is 17.5 Å². The highest BCUT2D eigenvalue weighted by atomic mass is 16.2. The van der Waals surface area contributed by atoms with E-state index in [9.17, 15) is 4.79 Å². The molecule has 1 aliphatic rings. The summed E-state index contributed by atoms with van der Waals surface area (Å²) in [5, 5.41) is 10.3. The molecule has 0 saturated carbocycles. The fourth-order valence-corrected chi connectivity index (χ4v) is 3.03. The molecule has 0 radical (unpaired) electrons. The van der Waals surface area contributed by atoms with Gasteiger partial charge in [-0.05, 0) is 29.8 Å². The first kappa shape index (κ1) is 15.1. The molecule has 3 heterocycles. The van der Waals surface area contributed by atoms with E-state index in [0.717, 1.165) is 11.3 Å². The van der Waals surface area contributed by atoms with Gasteiger partial charge in [0.1, 0.15) is 12.2 Å². The lowest BCUT2D eigenvalue weighted by molar-refractivity contribution is -0.119. The minimum Gasteiger partial charge on any atom is -0.328 e. The molecule has 3 aromatic rings. The van der Waals surface area contributed by atoms with Crippen molar-refractivity contribution in [3.63, 3.8) is 0 Å². The Balaban J connectivity index is 1.74. The Morgan fingerprint density at radius 3 is 2.68 bits per heavy atom. The molecular formula is C18H16N6O. The quantitative estimate of drug-likeness (QED) is 0.769. The molecule has 2 aromatic heterocycles. The van der Waals surface area contributed by atoms with Crippen molar-refractivity contribution in [3.05, 3.63) is 79.0 Å². The van der Waals surface area contributed by atoms with Crippen molar-refractivity contribution in [2.45, 2.75) is 6.04 Å². The maximum Gasteiger partial charge on any atom is 0.235 e. The van der Waals surface area contributed by atoms with Crippen LogP contribution >= 0.6 is 0 Å². The largest absolute Gasteiger partial charge is 0.328 e. The summed E-state index contributed by atoms with van der Waals surface area (Å²) >= 11 is 0. The number of para-hydroxylation sites is 1. The first-order valence-electron chi connectivity index (χ1n) is 7.85. The Hall–Kier alpha value is -3.48. The Bertz CT molecular complexity index is 906. The second kappa shape index (κ2) is 6.20. The molecule has 7 heteroatoms. The normalized spacial score (nSPS) is 19.0. The summed E-state index contributed by atoms with van der Waals surface area (Å²) < 4.78 is 1.71. The minimum absolute atomic E-state index is 0.160. The summed E-state index contributed by atoms with van der Waals surface area (Å²) in [6.07, 6.45) is 4.85. The van der Waals surface area contributed by atoms with Crippen LogP contribution in [0.2, 0.25) is 0 Å². The van der Waals surface area contributed by atoms with E-state index >= 15 is 0 Å². The lowest BCUT2D eigenvalue weighted by atomic mass is 9.89. The number of pyridine rings is 1. The molecular weight excluding hydrogens is 316 g/mol. The molecule has 124 valence electrons. The van der Waals surface area contributed by atoms with Gasteiger partial charge in [-0.1, -0.05) is 24.8 Å². The number of hydrogen-bond acceptors (Lipinski definition) is 5. The zero-order chi connectivity index (χ0) is 17.2. The number of benzene rings is 1. The molecule has 0 fully saturated rings. The number of nitrogens with one attached hydrogen (secondary N) is 2. The molecule has 0 spiro atoms. The van der Waals surface area contributed by atoms with Gasteiger partial charge in [-0.2, -0.15) is 10.1 Å². The van der Waals surface area contributed by atoms with E-state index in [2.05, 4.69) is 32.3 Å². The molecule has 25 heavy (non-hydrogen) atoms. The summed E-state index contributed by atoms with van der Waals surface area (Å²) in [6.45, 7) is 4.04. The fraction of sp³-hybridized carbons (Fsp3) is 0.111. The number of carbonyl (C=O) groups excluding carboxylic acids is 1. The van der Waals surface area contributed by atoms with E-state index in [1.54, 1.807) is 17.1 Å². The molecule has 2 N–H and O–H groups in total. The molecule has 1 aromatic carbocycles. The third kappa shape index (κ3) is 2.76. The van der Waals surface area contributed by atoms with Crippen molar-refractivity contribution in [1.82, 2.24) is 19.7 Å². The van der Waals surface area contributed by atoms with Crippen LogP contribution in [0.5, 0.6) is 0 Å². The van der Waals surface area contributed by atoms with Gasteiger partial charge in [-0.15, -0.1) is 0 Å². The molecule has 1 amide bonds. The number of nitrogens with zero attached hydrogens (tertiary/aromatic N) is 4. The Labute approximate surface area is 144 Å². The molecule has 0 saturated heterocycles. The first-order valence-corrected chi connectivity index (χ1v) is 7.85. The van der Waals surface area contributed by atoms with Gasteiger partial charge in [0, 0.05) is 23.8 Å². The van der Waals surface area contributed by atoms with Gasteiger partial charge >= 0.3 is 0 Å². The van der Waals surface area contributed by atoms with Crippen LogP contribution in [0.4, 0.5) is 11.6 Å². The van der Waals surface area contributed by atoms with Gasteiger partial charge in [0.25, 0.3) is 0 Å². The van der Waals surface area contributed by atoms with Crippen molar-refractivity contribution in [3.8, 4) is 0 Å². The van der Waals surface area contributed by atoms with Crippen LogP contribution in [-0.4, -0.2) is 25.7 Å². The highest BCUT2D eigenvalue weighted by Crippen LogP contribution is 2.37. The lowest BCUT2D eigenvalue weighted by Crippen LogP contribution is -2.39. The van der Waals surface area contributed by atoms with Crippen LogP contribution in [0.15, 0.2) is 73.5 Å². The standard InChI is InChI=1S/C18H16N6O/c1-12-15(17(25)23-14-5-3-2-4-6-14)16(13-7-9-19-10-8-13)24-18(22-12)20-11-21-24/h2-11,15-16H,1H2,(H,23,25)(H,20,21,22). The fourth-order valence-electron chi connectivity index (χ4n) is 3.03. The number of carbonyl (C=O) groups is 1. The number of fused-ring (bicyclic) bond motifs is 1. The topological polar surface area (TPSA) is 84.7 Å². The highest BCUT2D eigenvalue weighted by Gasteiger charge is 2.39. The Morgan fingerprint density at radius 1 is 1.16 bits per heavy atom. The van der Waals surface area contributed by atoms with Gasteiger partial charge in [-0.3, -0.25) is 9.78 Å². The average Bonchev–Trinajstić information content (AvgIpc) is 3.10. The monoisotopic (exact) mass is 332 g/mol. The van der Waals surface area contributed by atoms with Crippen molar-refractivity contribution in [2.75, 3.05) is 10.6 Å². The van der Waals surface area contributed by atoms with Crippen LogP contribution in [0.1, 0.15) is 11.6 Å². The smallest absolute Gasteiger partial charge is 0.235 e. The summed E-state index contributed by atoms with van der Waals surface area (Å²) in [5.74, 6) is -0.140. The molecule has 1 aliphatic heterocycles. The highest BCUT2D eigenvalue weighted by molar-refractivity contribution is 5.95. The number of aromatic nitrogens is 4. The SMILES string of the molecule is C=C1Nc2ncnn2C(c2ccncc2)C1C(=O)Nc1ccccc1. The van der Waals surface area contributed by atoms with Gasteiger partial charge in [0.05, 0.1) is 6.04 Å². The van der Waals surface area contributed by atoms with Gasteiger partial charge in [0.2, 0.25) is 11.9 Å². The van der Waals surface area contributed by atoms with Crippen molar-refractivity contribution in [1.29, 1.82) is 0 Å². The summed E-state index contributed by atoms with van der Waals surface area (Å²) in [7, 11) is 0. The lowest BCUT2D eigenvalue weighted by Gasteiger charge is -2.33.